The summed E-state index contributed by atoms with van der Waals surface area (Å²) in [4.78, 5) is 16.8. The third-order valence-electron chi connectivity index (χ3n) is 6.78. The van der Waals surface area contributed by atoms with Gasteiger partial charge in [-0.25, -0.2) is 9.97 Å². The molecule has 3 heterocycles. The van der Waals surface area contributed by atoms with E-state index in [4.69, 9.17) is 9.97 Å². The summed E-state index contributed by atoms with van der Waals surface area (Å²) in [6.07, 6.45) is 13.6. The molecule has 174 valence electrons. The molecule has 0 bridgehead atoms. The molecule has 1 saturated heterocycles. The third kappa shape index (κ3) is 4.25. The number of hydrogen-bond donors (Lipinski definition) is 4. The lowest BCUT2D eigenvalue weighted by Crippen LogP contribution is -2.14. The highest BCUT2D eigenvalue weighted by molar-refractivity contribution is 5.83. The zero-order valence-electron chi connectivity index (χ0n) is 19.7. The Hall–Kier alpha value is -3.40. The summed E-state index contributed by atoms with van der Waals surface area (Å²) in [7, 11) is 0. The van der Waals surface area contributed by atoms with Crippen molar-refractivity contribution in [1.82, 2.24) is 30.6 Å². The molecule has 0 spiro atoms. The Morgan fingerprint density at radius 2 is 1.88 bits per heavy atom. The monoisotopic (exact) mass is 452 g/mol. The maximum Gasteiger partial charge on any atom is 0.124 e. The van der Waals surface area contributed by atoms with Crippen molar-refractivity contribution in [3.05, 3.63) is 59.3 Å². The predicted octanol–water partition coefficient (Wildman–Crippen LogP) is 4.89. The van der Waals surface area contributed by atoms with Crippen molar-refractivity contribution in [3.63, 3.8) is 0 Å². The van der Waals surface area contributed by atoms with E-state index in [-0.39, 0.29) is 0 Å². The number of imidazole rings is 2. The molecule has 1 fully saturated rings. The molecule has 4 N–H and O–H groups in total. The van der Waals surface area contributed by atoms with Gasteiger partial charge < -0.3 is 20.6 Å². The second-order valence-electron chi connectivity index (χ2n) is 9.06. The highest BCUT2D eigenvalue weighted by Gasteiger charge is 2.25. The molecule has 2 aromatic heterocycles. The minimum atomic E-state index is 0.381. The molecule has 0 amide bonds. The summed E-state index contributed by atoms with van der Waals surface area (Å²) >= 11 is 0. The van der Waals surface area contributed by atoms with Crippen molar-refractivity contribution in [1.29, 1.82) is 0 Å². The van der Waals surface area contributed by atoms with E-state index in [1.54, 1.807) is 0 Å². The standard InChI is InChI=1S/C26H30N6.C2H2/c1-2-11-27-15-24-29-20-9-6-17(14-23(20)30-24)16-5-8-19-18(13-16)7-10-21-25(19)32-26(31-21)22-4-3-12-28-22;1-2/h5-6,8-9,13-14,22,27-28H,2-4,7,10-12,15H2,1H3,(H,29,30)(H,31,32);1-2H/t22-;/m0./s1. The number of terminal acetylenes is 1. The van der Waals surface area contributed by atoms with Crippen molar-refractivity contribution in [3.8, 4) is 35.2 Å². The summed E-state index contributed by atoms with van der Waals surface area (Å²) < 4.78 is 0. The molecule has 1 atom stereocenters. The highest BCUT2D eigenvalue weighted by Crippen LogP contribution is 2.36. The lowest BCUT2D eigenvalue weighted by atomic mass is 9.89. The quantitative estimate of drug-likeness (QED) is 0.248. The van der Waals surface area contributed by atoms with Crippen LogP contribution in [-0.4, -0.2) is 33.0 Å². The van der Waals surface area contributed by atoms with E-state index in [0.29, 0.717) is 6.04 Å². The molecule has 2 aromatic carbocycles. The van der Waals surface area contributed by atoms with Crippen LogP contribution in [0.2, 0.25) is 0 Å². The number of aromatic nitrogens is 4. The largest absolute Gasteiger partial charge is 0.344 e. The predicted molar refractivity (Wildman–Crippen MR) is 138 cm³/mol. The fourth-order valence-corrected chi connectivity index (χ4v) is 5.10. The number of rotatable bonds is 6. The van der Waals surface area contributed by atoms with Gasteiger partial charge in [0.1, 0.15) is 11.6 Å². The van der Waals surface area contributed by atoms with Crippen LogP contribution in [0, 0.1) is 12.8 Å². The number of aromatic amines is 2. The number of benzene rings is 2. The Morgan fingerprint density at radius 3 is 2.71 bits per heavy atom. The Balaban J connectivity index is 0.00000117. The topological polar surface area (TPSA) is 81.4 Å². The van der Waals surface area contributed by atoms with Crippen LogP contribution in [0.4, 0.5) is 0 Å². The smallest absolute Gasteiger partial charge is 0.124 e. The summed E-state index contributed by atoms with van der Waals surface area (Å²) in [5, 5.41) is 6.98. The van der Waals surface area contributed by atoms with Gasteiger partial charge in [-0.15, -0.1) is 12.8 Å². The first-order chi connectivity index (χ1) is 16.8. The van der Waals surface area contributed by atoms with Crippen molar-refractivity contribution >= 4 is 11.0 Å². The number of fused-ring (bicyclic) bond motifs is 4. The van der Waals surface area contributed by atoms with Crippen LogP contribution in [0.15, 0.2) is 36.4 Å². The van der Waals surface area contributed by atoms with E-state index >= 15 is 0 Å². The van der Waals surface area contributed by atoms with Gasteiger partial charge in [0.25, 0.3) is 0 Å². The zero-order valence-corrected chi connectivity index (χ0v) is 19.7. The molecule has 0 radical (unpaired) electrons. The molecule has 6 nitrogen and oxygen atoms in total. The molecule has 0 saturated carbocycles. The molecule has 6 heteroatoms. The highest BCUT2D eigenvalue weighted by atomic mass is 15.0. The Kier molecular flexibility index (Phi) is 6.48. The zero-order chi connectivity index (χ0) is 23.5. The summed E-state index contributed by atoms with van der Waals surface area (Å²) in [5.41, 5.74) is 9.70. The molecule has 1 aliphatic carbocycles. The van der Waals surface area contributed by atoms with Crippen LogP contribution in [0.5, 0.6) is 0 Å². The maximum absolute atomic E-state index is 5.01. The number of aryl methyl sites for hydroxylation is 2. The molecule has 4 aromatic rings. The Morgan fingerprint density at radius 1 is 1.03 bits per heavy atom. The van der Waals surface area contributed by atoms with Gasteiger partial charge in [0.05, 0.1) is 29.3 Å². The average Bonchev–Trinajstić information content (AvgIpc) is 3.63. The first-order valence-electron chi connectivity index (χ1n) is 12.3. The van der Waals surface area contributed by atoms with E-state index in [2.05, 4.69) is 76.8 Å². The lowest BCUT2D eigenvalue weighted by molar-refractivity contribution is 0.611. The number of nitrogens with zero attached hydrogens (tertiary/aromatic N) is 2. The summed E-state index contributed by atoms with van der Waals surface area (Å²) in [5.74, 6) is 2.10. The normalized spacial score (nSPS) is 16.6. The third-order valence-corrected chi connectivity index (χ3v) is 6.78. The number of nitrogens with one attached hydrogen (secondary N) is 4. The van der Waals surface area contributed by atoms with E-state index in [1.165, 1.54) is 40.8 Å². The van der Waals surface area contributed by atoms with Crippen molar-refractivity contribution < 1.29 is 0 Å². The van der Waals surface area contributed by atoms with Crippen LogP contribution in [0.3, 0.4) is 0 Å². The summed E-state index contributed by atoms with van der Waals surface area (Å²) in [6, 6.07) is 13.7. The molecular weight excluding hydrogens is 420 g/mol. The van der Waals surface area contributed by atoms with Gasteiger partial charge in [0.2, 0.25) is 0 Å². The fraction of sp³-hybridized carbons (Fsp3) is 0.357. The fourth-order valence-electron chi connectivity index (χ4n) is 5.10. The van der Waals surface area contributed by atoms with Gasteiger partial charge in [0.15, 0.2) is 0 Å². The SMILES string of the molecule is C#C.CCCNCc1nc2ccc(-c3ccc4c(c3)CCc3[nH]c([C@@H]5CCCN5)nc3-4)cc2[nH]1. The van der Waals surface area contributed by atoms with E-state index < -0.39 is 0 Å². The number of H-pyrrole nitrogens is 2. The van der Waals surface area contributed by atoms with Crippen LogP contribution < -0.4 is 10.6 Å². The van der Waals surface area contributed by atoms with Gasteiger partial charge >= 0.3 is 0 Å². The van der Waals surface area contributed by atoms with E-state index in [0.717, 1.165) is 67.3 Å². The van der Waals surface area contributed by atoms with E-state index in [1.807, 2.05) is 0 Å². The van der Waals surface area contributed by atoms with Crippen molar-refractivity contribution in [2.75, 3.05) is 13.1 Å². The van der Waals surface area contributed by atoms with Gasteiger partial charge in [-0.1, -0.05) is 31.2 Å². The van der Waals surface area contributed by atoms with Crippen LogP contribution in [0.1, 0.15) is 55.1 Å². The molecule has 1 aliphatic heterocycles. The van der Waals surface area contributed by atoms with Gasteiger partial charge in [-0.3, -0.25) is 0 Å². The molecule has 2 aliphatic rings. The van der Waals surface area contributed by atoms with Crippen molar-refractivity contribution in [2.24, 2.45) is 0 Å². The Bertz CT molecular complexity index is 1310. The van der Waals surface area contributed by atoms with Crippen LogP contribution in [-0.2, 0) is 19.4 Å². The first kappa shape index (κ1) is 22.4. The molecule has 34 heavy (non-hydrogen) atoms. The number of hydrogen-bond acceptors (Lipinski definition) is 4. The van der Waals surface area contributed by atoms with Crippen LogP contribution in [0.25, 0.3) is 33.4 Å². The van der Waals surface area contributed by atoms with Crippen LogP contribution >= 0.6 is 0 Å². The summed E-state index contributed by atoms with van der Waals surface area (Å²) in [6.45, 7) is 5.05. The van der Waals surface area contributed by atoms with E-state index in [9.17, 15) is 0 Å². The second-order valence-corrected chi connectivity index (χ2v) is 9.06. The molecular formula is C28H32N6. The second kappa shape index (κ2) is 9.84. The first-order valence-corrected chi connectivity index (χ1v) is 12.3. The molecule has 0 unspecified atom stereocenters. The average molecular weight is 453 g/mol. The minimum Gasteiger partial charge on any atom is -0.344 e. The molecule has 6 rings (SSSR count). The Labute approximate surface area is 201 Å². The van der Waals surface area contributed by atoms with Gasteiger partial charge in [-0.05, 0) is 74.0 Å². The van der Waals surface area contributed by atoms with Gasteiger partial charge in [-0.2, -0.15) is 0 Å². The maximum atomic E-state index is 5.01. The van der Waals surface area contributed by atoms with Gasteiger partial charge in [0, 0.05) is 11.3 Å². The van der Waals surface area contributed by atoms with Crippen molar-refractivity contribution in [2.45, 2.75) is 51.6 Å². The lowest BCUT2D eigenvalue weighted by Gasteiger charge is -2.16. The minimum absolute atomic E-state index is 0.381.